The highest BCUT2D eigenvalue weighted by molar-refractivity contribution is 5.67. The van der Waals surface area contributed by atoms with E-state index in [4.69, 9.17) is 0 Å². The van der Waals surface area contributed by atoms with Gasteiger partial charge in [-0.15, -0.1) is 0 Å². The van der Waals surface area contributed by atoms with E-state index in [1.54, 1.807) is 0 Å². The van der Waals surface area contributed by atoms with Crippen LogP contribution in [0.15, 0.2) is 96.6 Å². The Kier molecular flexibility index (Phi) is 6.49. The fourth-order valence-corrected chi connectivity index (χ4v) is 3.15. The summed E-state index contributed by atoms with van der Waals surface area (Å²) in [5.74, 6) is 0. The summed E-state index contributed by atoms with van der Waals surface area (Å²) in [4.78, 5) is 2.36. The maximum absolute atomic E-state index is 2.36. The summed E-state index contributed by atoms with van der Waals surface area (Å²) in [6.45, 7) is 9.47. The molecule has 0 bridgehead atoms. The molecule has 0 radical (unpaired) electrons. The van der Waals surface area contributed by atoms with Crippen molar-refractivity contribution in [2.75, 3.05) is 11.4 Å². The standard InChI is InChI=1S/C27H29N/c1-21-11-16-25(17-12-21)24(4)15-10-23(3)20-28(26-8-6-5-7-9-26)27-18-13-22(2)14-19-27/h5-19H,20H2,1-4H3/b23-10+,24-15+. The average Bonchev–Trinajstić information content (AvgIpc) is 2.72. The molecule has 3 aromatic rings. The first-order valence-electron chi connectivity index (χ1n) is 9.83. The Hall–Kier alpha value is -3.06. The lowest BCUT2D eigenvalue weighted by Crippen LogP contribution is -2.19. The molecule has 1 nitrogen and oxygen atoms in total. The molecular formula is C27H29N. The van der Waals surface area contributed by atoms with Gasteiger partial charge < -0.3 is 4.90 Å². The molecule has 0 amide bonds. The summed E-state index contributed by atoms with van der Waals surface area (Å²) in [6.07, 6.45) is 4.46. The van der Waals surface area contributed by atoms with Crippen molar-refractivity contribution < 1.29 is 0 Å². The van der Waals surface area contributed by atoms with E-state index in [2.05, 4.69) is 124 Å². The molecule has 142 valence electrons. The van der Waals surface area contributed by atoms with Crippen LogP contribution in [0.4, 0.5) is 11.4 Å². The molecular weight excluding hydrogens is 338 g/mol. The Morgan fingerprint density at radius 3 is 1.82 bits per heavy atom. The monoisotopic (exact) mass is 367 g/mol. The molecule has 3 aromatic carbocycles. The van der Waals surface area contributed by atoms with E-state index in [9.17, 15) is 0 Å². The molecule has 1 heteroatoms. The number of hydrogen-bond donors (Lipinski definition) is 0. The lowest BCUT2D eigenvalue weighted by molar-refractivity contribution is 1.03. The molecule has 0 atom stereocenters. The van der Waals surface area contributed by atoms with Gasteiger partial charge in [0.1, 0.15) is 0 Å². The lowest BCUT2D eigenvalue weighted by Gasteiger charge is -2.25. The van der Waals surface area contributed by atoms with Gasteiger partial charge in [-0.05, 0) is 63.1 Å². The minimum atomic E-state index is 0.852. The zero-order chi connectivity index (χ0) is 19.9. The quantitative estimate of drug-likeness (QED) is 0.408. The Balaban J connectivity index is 1.83. The molecule has 0 aliphatic carbocycles. The molecule has 0 saturated carbocycles. The summed E-state index contributed by atoms with van der Waals surface area (Å²) in [5.41, 5.74) is 8.85. The van der Waals surface area contributed by atoms with Crippen LogP contribution in [0.1, 0.15) is 30.5 Å². The highest BCUT2D eigenvalue weighted by Crippen LogP contribution is 2.26. The average molecular weight is 368 g/mol. The van der Waals surface area contributed by atoms with Crippen LogP contribution in [0, 0.1) is 13.8 Å². The number of nitrogens with zero attached hydrogens (tertiary/aromatic N) is 1. The third kappa shape index (κ3) is 5.23. The van der Waals surface area contributed by atoms with Crippen LogP contribution in [-0.4, -0.2) is 6.54 Å². The van der Waals surface area contributed by atoms with Crippen molar-refractivity contribution in [3.8, 4) is 0 Å². The number of aryl methyl sites for hydroxylation is 2. The van der Waals surface area contributed by atoms with Crippen molar-refractivity contribution >= 4 is 16.9 Å². The summed E-state index contributed by atoms with van der Waals surface area (Å²) < 4.78 is 0. The Morgan fingerprint density at radius 2 is 1.21 bits per heavy atom. The SMILES string of the molecule is C/C(=C\C=C(/C)c1ccc(C)cc1)CN(c1ccccc1)c1ccc(C)cc1. The predicted octanol–water partition coefficient (Wildman–Crippen LogP) is 7.49. The van der Waals surface area contributed by atoms with Crippen molar-refractivity contribution in [3.63, 3.8) is 0 Å². The van der Waals surface area contributed by atoms with E-state index >= 15 is 0 Å². The normalized spacial score (nSPS) is 12.1. The summed E-state index contributed by atoms with van der Waals surface area (Å²) >= 11 is 0. The van der Waals surface area contributed by atoms with Gasteiger partial charge in [0.2, 0.25) is 0 Å². The van der Waals surface area contributed by atoms with E-state index < -0.39 is 0 Å². The smallest absolute Gasteiger partial charge is 0.0441 e. The first-order valence-corrected chi connectivity index (χ1v) is 9.83. The number of benzene rings is 3. The van der Waals surface area contributed by atoms with Gasteiger partial charge in [-0.2, -0.15) is 0 Å². The second kappa shape index (κ2) is 9.23. The first-order chi connectivity index (χ1) is 13.5. The Morgan fingerprint density at radius 1 is 0.679 bits per heavy atom. The first kappa shape index (κ1) is 19.7. The van der Waals surface area contributed by atoms with Gasteiger partial charge in [0.15, 0.2) is 0 Å². The predicted molar refractivity (Wildman–Crippen MR) is 123 cm³/mol. The van der Waals surface area contributed by atoms with E-state index in [0.29, 0.717) is 0 Å². The zero-order valence-corrected chi connectivity index (χ0v) is 17.3. The molecule has 0 aliphatic heterocycles. The van der Waals surface area contributed by atoms with E-state index in [0.717, 1.165) is 6.54 Å². The van der Waals surface area contributed by atoms with Crippen LogP contribution in [-0.2, 0) is 0 Å². The van der Waals surface area contributed by atoms with Crippen molar-refractivity contribution in [2.24, 2.45) is 0 Å². The highest BCUT2D eigenvalue weighted by atomic mass is 15.1. The van der Waals surface area contributed by atoms with Crippen molar-refractivity contribution in [1.82, 2.24) is 0 Å². The van der Waals surface area contributed by atoms with Crippen LogP contribution < -0.4 is 4.90 Å². The van der Waals surface area contributed by atoms with Gasteiger partial charge in [-0.25, -0.2) is 0 Å². The van der Waals surface area contributed by atoms with E-state index in [-0.39, 0.29) is 0 Å². The molecule has 0 saturated heterocycles. The maximum atomic E-state index is 2.36. The number of allylic oxidation sites excluding steroid dienone is 3. The van der Waals surface area contributed by atoms with Gasteiger partial charge in [-0.1, -0.05) is 83.4 Å². The number of rotatable bonds is 6. The summed E-state index contributed by atoms with van der Waals surface area (Å²) in [7, 11) is 0. The molecule has 28 heavy (non-hydrogen) atoms. The minimum absolute atomic E-state index is 0.852. The second-order valence-electron chi connectivity index (χ2n) is 7.49. The van der Waals surface area contributed by atoms with Crippen LogP contribution in [0.25, 0.3) is 5.57 Å². The van der Waals surface area contributed by atoms with Gasteiger partial charge in [0.25, 0.3) is 0 Å². The highest BCUT2D eigenvalue weighted by Gasteiger charge is 2.09. The number of hydrogen-bond acceptors (Lipinski definition) is 1. The van der Waals surface area contributed by atoms with Crippen molar-refractivity contribution in [3.05, 3.63) is 113 Å². The zero-order valence-electron chi connectivity index (χ0n) is 17.3. The topological polar surface area (TPSA) is 3.24 Å². The summed E-state index contributed by atoms with van der Waals surface area (Å²) in [6, 6.07) is 28.0. The molecule has 3 rings (SSSR count). The Bertz CT molecular complexity index is 945. The van der Waals surface area contributed by atoms with Crippen molar-refractivity contribution in [1.29, 1.82) is 0 Å². The third-order valence-electron chi connectivity index (χ3n) is 4.95. The maximum Gasteiger partial charge on any atom is 0.0441 e. The van der Waals surface area contributed by atoms with Crippen LogP contribution >= 0.6 is 0 Å². The molecule has 0 N–H and O–H groups in total. The van der Waals surface area contributed by atoms with E-state index in [1.807, 2.05) is 0 Å². The molecule has 0 heterocycles. The second-order valence-corrected chi connectivity index (χ2v) is 7.49. The molecule has 0 aromatic heterocycles. The molecule has 0 aliphatic rings. The lowest BCUT2D eigenvalue weighted by atomic mass is 10.0. The van der Waals surface area contributed by atoms with Crippen LogP contribution in [0.3, 0.4) is 0 Å². The Labute approximate surface area is 169 Å². The van der Waals surface area contributed by atoms with Gasteiger partial charge in [-0.3, -0.25) is 0 Å². The van der Waals surface area contributed by atoms with Gasteiger partial charge in [0, 0.05) is 17.9 Å². The number of anilines is 2. The van der Waals surface area contributed by atoms with E-state index in [1.165, 1.54) is 39.2 Å². The fraction of sp³-hybridized carbons (Fsp3) is 0.185. The van der Waals surface area contributed by atoms with Crippen molar-refractivity contribution in [2.45, 2.75) is 27.7 Å². The molecule has 0 spiro atoms. The van der Waals surface area contributed by atoms with Gasteiger partial charge in [0.05, 0.1) is 0 Å². The van der Waals surface area contributed by atoms with Crippen LogP contribution in [0.5, 0.6) is 0 Å². The molecule has 0 fully saturated rings. The molecule has 0 unspecified atom stereocenters. The summed E-state index contributed by atoms with van der Waals surface area (Å²) in [5, 5.41) is 0. The third-order valence-corrected chi connectivity index (χ3v) is 4.95. The largest absolute Gasteiger partial charge is 0.337 e. The number of para-hydroxylation sites is 1. The minimum Gasteiger partial charge on any atom is -0.337 e. The van der Waals surface area contributed by atoms with Gasteiger partial charge >= 0.3 is 0 Å². The fourth-order valence-electron chi connectivity index (χ4n) is 3.15. The van der Waals surface area contributed by atoms with Crippen LogP contribution in [0.2, 0.25) is 0 Å².